The fourth-order valence-electron chi connectivity index (χ4n) is 8.54. The van der Waals surface area contributed by atoms with Crippen LogP contribution in [0, 0.1) is 11.8 Å². The lowest BCUT2D eigenvalue weighted by molar-refractivity contribution is 0.660. The minimum absolute atomic E-state index is 0.0549. The summed E-state index contributed by atoms with van der Waals surface area (Å²) in [6.45, 7) is 9.35. The Kier molecular flexibility index (Phi) is 6.91. The number of rotatable bonds is 5. The molecule has 240 valence electrons. The van der Waals surface area contributed by atoms with Gasteiger partial charge in [0.05, 0.1) is 5.52 Å². The molecular formula is C47H42N2. The van der Waals surface area contributed by atoms with Crippen LogP contribution in [-0.2, 0) is 11.8 Å². The van der Waals surface area contributed by atoms with Crippen molar-refractivity contribution in [1.29, 1.82) is 0 Å². The van der Waals surface area contributed by atoms with Gasteiger partial charge in [-0.1, -0.05) is 119 Å². The Morgan fingerprint density at radius 2 is 1.33 bits per heavy atom. The highest BCUT2D eigenvalue weighted by Gasteiger charge is 2.35. The van der Waals surface area contributed by atoms with Crippen molar-refractivity contribution in [3.8, 4) is 22.3 Å². The first-order chi connectivity index (χ1) is 23.9. The van der Waals surface area contributed by atoms with Gasteiger partial charge in [0.2, 0.25) is 0 Å². The number of para-hydroxylation sites is 1. The molecule has 1 heterocycles. The molecule has 0 fully saturated rings. The molecule has 2 unspecified atom stereocenters. The van der Waals surface area contributed by atoms with E-state index in [1.807, 2.05) is 0 Å². The Hall–Kier alpha value is -5.34. The topological polar surface area (TPSA) is 8.17 Å². The molecule has 0 N–H and O–H groups in total. The van der Waals surface area contributed by atoms with Crippen molar-refractivity contribution >= 4 is 39.7 Å². The van der Waals surface area contributed by atoms with Crippen LogP contribution in [0.4, 0.5) is 17.1 Å². The maximum Gasteiger partial charge on any atom is 0.0534 e. The van der Waals surface area contributed by atoms with Crippen molar-refractivity contribution in [3.63, 3.8) is 0 Å². The second-order valence-corrected chi connectivity index (χ2v) is 14.8. The van der Waals surface area contributed by atoms with E-state index in [1.54, 1.807) is 0 Å². The fraction of sp³-hybridized carbons (Fsp3) is 0.191. The van der Waals surface area contributed by atoms with Crippen molar-refractivity contribution in [3.05, 3.63) is 162 Å². The van der Waals surface area contributed by atoms with Crippen LogP contribution in [0.2, 0.25) is 0 Å². The number of fused-ring (bicyclic) bond motifs is 6. The van der Waals surface area contributed by atoms with Gasteiger partial charge in [-0.2, -0.15) is 0 Å². The third kappa shape index (κ3) is 4.84. The minimum atomic E-state index is -0.0549. The van der Waals surface area contributed by atoms with E-state index in [-0.39, 0.29) is 5.41 Å². The van der Waals surface area contributed by atoms with Crippen LogP contribution in [0.5, 0.6) is 0 Å². The second kappa shape index (κ2) is 11.4. The highest BCUT2D eigenvalue weighted by molar-refractivity contribution is 5.97. The first-order valence-corrected chi connectivity index (χ1v) is 17.8. The Morgan fingerprint density at radius 3 is 2.14 bits per heavy atom. The van der Waals surface area contributed by atoms with Crippen LogP contribution < -0.4 is 4.90 Å². The molecule has 0 bridgehead atoms. The summed E-state index contributed by atoms with van der Waals surface area (Å²) >= 11 is 0. The van der Waals surface area contributed by atoms with Crippen molar-refractivity contribution in [2.75, 3.05) is 4.90 Å². The van der Waals surface area contributed by atoms with Gasteiger partial charge < -0.3 is 9.47 Å². The zero-order valence-corrected chi connectivity index (χ0v) is 28.8. The number of hydrogen-bond acceptors (Lipinski definition) is 1. The quantitative estimate of drug-likeness (QED) is 0.183. The Bertz CT molecular complexity index is 2330. The largest absolute Gasteiger partial charge is 0.317 e. The van der Waals surface area contributed by atoms with Crippen molar-refractivity contribution in [2.24, 2.45) is 11.8 Å². The van der Waals surface area contributed by atoms with E-state index in [1.165, 1.54) is 66.9 Å². The van der Waals surface area contributed by atoms with Gasteiger partial charge >= 0.3 is 0 Å². The predicted molar refractivity (Wildman–Crippen MR) is 209 cm³/mol. The van der Waals surface area contributed by atoms with Crippen LogP contribution >= 0.6 is 0 Å². The standard InChI is InChI=1S/C47H42N2/c1-31-11-10-14-37(27-31)49-45-26-20-34(29-42(45)41-24-17-32(2)28-46(41)49)33-18-21-36(22-19-33)48(35-12-6-5-7-13-35)38-23-25-40-39-15-8-9-16-43(39)47(3,4)44(40)30-38/h5-26,29-32H,27-28H2,1-4H3. The summed E-state index contributed by atoms with van der Waals surface area (Å²) < 4.78 is 2.56. The molecule has 9 rings (SSSR count). The zero-order valence-electron chi connectivity index (χ0n) is 28.8. The van der Waals surface area contributed by atoms with E-state index in [0.29, 0.717) is 11.8 Å². The highest BCUT2D eigenvalue weighted by atomic mass is 15.1. The number of nitrogens with zero attached hydrogens (tertiary/aromatic N) is 2. The summed E-state index contributed by atoms with van der Waals surface area (Å²) in [6.07, 6.45) is 13.8. The maximum absolute atomic E-state index is 2.56. The highest BCUT2D eigenvalue weighted by Crippen LogP contribution is 2.50. The Morgan fingerprint density at radius 1 is 0.633 bits per heavy atom. The molecule has 49 heavy (non-hydrogen) atoms. The third-order valence-corrected chi connectivity index (χ3v) is 11.1. The van der Waals surface area contributed by atoms with E-state index in [4.69, 9.17) is 0 Å². The molecule has 1 aromatic heterocycles. The maximum atomic E-state index is 2.56. The number of anilines is 3. The molecule has 0 radical (unpaired) electrons. The van der Waals surface area contributed by atoms with E-state index >= 15 is 0 Å². The molecule has 0 aliphatic heterocycles. The molecule has 6 aromatic rings. The molecular weight excluding hydrogens is 593 g/mol. The normalized spacial score (nSPS) is 18.6. The molecule has 2 atom stereocenters. The van der Waals surface area contributed by atoms with Gasteiger partial charge in [-0.15, -0.1) is 0 Å². The van der Waals surface area contributed by atoms with Crippen LogP contribution in [0.3, 0.4) is 0 Å². The van der Waals surface area contributed by atoms with Gasteiger partial charge in [0.15, 0.2) is 0 Å². The van der Waals surface area contributed by atoms with Crippen LogP contribution in [0.25, 0.3) is 44.9 Å². The van der Waals surface area contributed by atoms with E-state index in [0.717, 1.165) is 24.2 Å². The first-order valence-electron chi connectivity index (χ1n) is 17.8. The summed E-state index contributed by atoms with van der Waals surface area (Å²) in [7, 11) is 0. The van der Waals surface area contributed by atoms with Crippen LogP contribution in [0.1, 0.15) is 56.5 Å². The monoisotopic (exact) mass is 634 g/mol. The summed E-state index contributed by atoms with van der Waals surface area (Å²) in [5, 5.41) is 1.34. The summed E-state index contributed by atoms with van der Waals surface area (Å²) in [5.74, 6) is 1.09. The van der Waals surface area contributed by atoms with Crippen molar-refractivity contribution < 1.29 is 0 Å². The number of allylic oxidation sites excluding steroid dienone is 5. The molecule has 2 nitrogen and oxygen atoms in total. The molecule has 0 amide bonds. The van der Waals surface area contributed by atoms with E-state index in [2.05, 4.69) is 183 Å². The van der Waals surface area contributed by atoms with Gasteiger partial charge in [0.25, 0.3) is 0 Å². The lowest BCUT2D eigenvalue weighted by atomic mass is 9.82. The summed E-state index contributed by atoms with van der Waals surface area (Å²) in [6, 6.07) is 42.8. The van der Waals surface area contributed by atoms with Crippen LogP contribution in [-0.4, -0.2) is 4.57 Å². The van der Waals surface area contributed by atoms with Gasteiger partial charge in [-0.25, -0.2) is 0 Å². The summed E-state index contributed by atoms with van der Waals surface area (Å²) in [5.41, 5.74) is 16.9. The molecule has 0 spiro atoms. The minimum Gasteiger partial charge on any atom is -0.317 e. The van der Waals surface area contributed by atoms with Crippen molar-refractivity contribution in [1.82, 2.24) is 4.57 Å². The lowest BCUT2D eigenvalue weighted by Gasteiger charge is -2.28. The number of benzene rings is 5. The molecule has 2 heteroatoms. The number of hydrogen-bond donors (Lipinski definition) is 0. The third-order valence-electron chi connectivity index (χ3n) is 11.1. The lowest BCUT2D eigenvalue weighted by Crippen LogP contribution is -2.16. The molecule has 0 saturated heterocycles. The number of aromatic nitrogens is 1. The SMILES string of the molecule is CC1C=CC=C(n2c3c(c4cc(-c5ccc(N(c6ccccc6)c6ccc7c(c6)C(C)(C)c6ccccc6-7)cc5)ccc42)C=CC(C)C3)C1. The van der Waals surface area contributed by atoms with Crippen molar-refractivity contribution in [2.45, 2.75) is 46.0 Å². The second-order valence-electron chi connectivity index (χ2n) is 14.8. The van der Waals surface area contributed by atoms with Gasteiger partial charge in [-0.05, 0) is 113 Å². The average Bonchev–Trinajstić information content (AvgIpc) is 3.56. The summed E-state index contributed by atoms with van der Waals surface area (Å²) in [4.78, 5) is 2.39. The van der Waals surface area contributed by atoms with Gasteiger partial charge in [-0.3, -0.25) is 0 Å². The fourth-order valence-corrected chi connectivity index (χ4v) is 8.54. The molecule has 5 aromatic carbocycles. The van der Waals surface area contributed by atoms with Gasteiger partial charge in [0.1, 0.15) is 0 Å². The zero-order chi connectivity index (χ0) is 33.3. The first kappa shape index (κ1) is 29.8. The Labute approximate surface area is 290 Å². The smallest absolute Gasteiger partial charge is 0.0534 e. The molecule has 3 aliphatic rings. The van der Waals surface area contributed by atoms with E-state index < -0.39 is 0 Å². The van der Waals surface area contributed by atoms with E-state index in [9.17, 15) is 0 Å². The Balaban J connectivity index is 1.11. The molecule has 0 saturated carbocycles. The average molecular weight is 635 g/mol. The van der Waals surface area contributed by atoms with Gasteiger partial charge in [0, 0.05) is 44.8 Å². The molecule has 3 aliphatic carbocycles. The predicted octanol–water partition coefficient (Wildman–Crippen LogP) is 12.7. The van der Waals surface area contributed by atoms with Crippen LogP contribution in [0.15, 0.2) is 140 Å².